The van der Waals surface area contributed by atoms with Crippen LogP contribution in [0.1, 0.15) is 13.0 Å². The Balaban J connectivity index is 1.91. The Hall–Kier alpha value is -2.44. The second kappa shape index (κ2) is 6.59. The summed E-state index contributed by atoms with van der Waals surface area (Å²) >= 11 is 11.9. The summed E-state index contributed by atoms with van der Waals surface area (Å²) in [6, 6.07) is 10.7. The van der Waals surface area contributed by atoms with Crippen LogP contribution in [-0.2, 0) is 4.79 Å². The molecule has 0 aliphatic heterocycles. The largest absolute Gasteiger partial charge is 0.323 e. The summed E-state index contributed by atoms with van der Waals surface area (Å²) in [6.45, 7) is 1.56. The van der Waals surface area contributed by atoms with E-state index in [1.807, 2.05) is 0 Å². The first kappa shape index (κ1) is 16.4. The number of halogens is 2. The lowest BCUT2D eigenvalue weighted by Crippen LogP contribution is -2.34. The van der Waals surface area contributed by atoms with Gasteiger partial charge in [-0.3, -0.25) is 9.59 Å². The van der Waals surface area contributed by atoms with Crippen molar-refractivity contribution in [2.45, 2.75) is 13.0 Å². The maximum atomic E-state index is 12.5. The average molecular weight is 363 g/mol. The first-order chi connectivity index (χ1) is 11.5. The van der Waals surface area contributed by atoms with Gasteiger partial charge in [0.15, 0.2) is 0 Å². The number of fused-ring (bicyclic) bond motifs is 1. The Labute approximate surface area is 147 Å². The Bertz CT molecular complexity index is 987. The Morgan fingerprint density at radius 2 is 1.96 bits per heavy atom. The molecule has 0 radical (unpaired) electrons. The van der Waals surface area contributed by atoms with Crippen LogP contribution >= 0.6 is 23.2 Å². The molecule has 3 rings (SSSR count). The number of hydrogen-bond acceptors (Lipinski definition) is 4. The molecule has 0 saturated heterocycles. The van der Waals surface area contributed by atoms with Crippen LogP contribution in [0.15, 0.2) is 47.3 Å². The number of aromatic nitrogens is 3. The lowest BCUT2D eigenvalue weighted by Gasteiger charge is -2.14. The number of amides is 1. The summed E-state index contributed by atoms with van der Waals surface area (Å²) in [4.78, 5) is 24.9. The van der Waals surface area contributed by atoms with Crippen LogP contribution in [0, 0.1) is 0 Å². The lowest BCUT2D eigenvalue weighted by atomic mass is 10.2. The molecule has 2 aromatic carbocycles. The van der Waals surface area contributed by atoms with E-state index in [9.17, 15) is 9.59 Å². The van der Waals surface area contributed by atoms with Gasteiger partial charge in [-0.1, -0.05) is 40.5 Å². The predicted molar refractivity (Wildman–Crippen MR) is 93.6 cm³/mol. The zero-order chi connectivity index (χ0) is 17.3. The van der Waals surface area contributed by atoms with E-state index in [0.717, 1.165) is 4.68 Å². The fourth-order valence-electron chi connectivity index (χ4n) is 2.19. The van der Waals surface area contributed by atoms with Crippen LogP contribution in [0.4, 0.5) is 5.69 Å². The second-order valence-electron chi connectivity index (χ2n) is 5.15. The number of anilines is 1. The van der Waals surface area contributed by atoms with Crippen molar-refractivity contribution < 1.29 is 4.79 Å². The van der Waals surface area contributed by atoms with Crippen molar-refractivity contribution in [2.24, 2.45) is 0 Å². The summed E-state index contributed by atoms with van der Waals surface area (Å²) in [6.07, 6.45) is 0. The van der Waals surface area contributed by atoms with Crippen molar-refractivity contribution in [3.05, 3.63) is 62.9 Å². The van der Waals surface area contributed by atoms with Gasteiger partial charge in [-0.15, -0.1) is 5.10 Å². The number of carbonyl (C=O) groups is 1. The number of carbonyl (C=O) groups excluding carboxylic acids is 1. The second-order valence-corrected chi connectivity index (χ2v) is 5.99. The zero-order valence-corrected chi connectivity index (χ0v) is 14.0. The first-order valence-corrected chi connectivity index (χ1v) is 7.83. The highest BCUT2D eigenvalue weighted by molar-refractivity contribution is 6.36. The molecule has 3 aromatic rings. The predicted octanol–water partition coefficient (Wildman–Crippen LogP) is 3.30. The Kier molecular flexibility index (Phi) is 4.51. The molecule has 0 bridgehead atoms. The minimum Gasteiger partial charge on any atom is -0.323 e. The number of nitrogens with zero attached hydrogens (tertiary/aromatic N) is 3. The molecular formula is C16H12Cl2N4O2. The standard InChI is InChI=1S/C16H12Cl2N4O2/c1-9(15(23)19-14-7-6-10(17)8-12(14)18)22-16(24)11-4-2-3-5-13(11)20-21-22/h2-9H,1H3,(H,19,23)/t9-/m1/s1. The van der Waals surface area contributed by atoms with Gasteiger partial charge in [-0.05, 0) is 37.3 Å². The molecule has 0 aliphatic carbocycles. The molecule has 0 aliphatic rings. The van der Waals surface area contributed by atoms with Crippen molar-refractivity contribution in [1.29, 1.82) is 0 Å². The molecule has 1 aromatic heterocycles. The molecule has 1 N–H and O–H groups in total. The van der Waals surface area contributed by atoms with E-state index >= 15 is 0 Å². The quantitative estimate of drug-likeness (QED) is 0.775. The number of rotatable bonds is 3. The SMILES string of the molecule is C[C@H](C(=O)Nc1ccc(Cl)cc1Cl)n1nnc2ccccc2c1=O. The van der Waals surface area contributed by atoms with Gasteiger partial charge in [0.05, 0.1) is 16.1 Å². The fourth-order valence-corrected chi connectivity index (χ4v) is 2.65. The normalized spacial score (nSPS) is 12.1. The van der Waals surface area contributed by atoms with E-state index in [1.165, 1.54) is 6.07 Å². The van der Waals surface area contributed by atoms with E-state index in [4.69, 9.17) is 23.2 Å². The maximum absolute atomic E-state index is 12.5. The van der Waals surface area contributed by atoms with E-state index in [-0.39, 0.29) is 5.56 Å². The number of hydrogen-bond donors (Lipinski definition) is 1. The van der Waals surface area contributed by atoms with Crippen molar-refractivity contribution in [3.63, 3.8) is 0 Å². The Morgan fingerprint density at radius 1 is 1.21 bits per heavy atom. The van der Waals surface area contributed by atoms with Gasteiger partial charge < -0.3 is 5.32 Å². The third-order valence-corrected chi connectivity index (χ3v) is 4.07. The van der Waals surface area contributed by atoms with Gasteiger partial charge in [0.25, 0.3) is 5.56 Å². The van der Waals surface area contributed by atoms with E-state index in [0.29, 0.717) is 26.6 Å². The van der Waals surface area contributed by atoms with E-state index in [2.05, 4.69) is 15.6 Å². The minimum absolute atomic E-state index is 0.306. The highest BCUT2D eigenvalue weighted by Gasteiger charge is 2.20. The highest BCUT2D eigenvalue weighted by Crippen LogP contribution is 2.26. The summed E-state index contributed by atoms with van der Waals surface area (Å²) in [5.41, 5.74) is 0.497. The molecule has 122 valence electrons. The van der Waals surface area contributed by atoms with Gasteiger partial charge in [-0.25, -0.2) is 0 Å². The number of nitrogens with one attached hydrogen (secondary N) is 1. The molecule has 1 heterocycles. The highest BCUT2D eigenvalue weighted by atomic mass is 35.5. The molecular weight excluding hydrogens is 351 g/mol. The summed E-state index contributed by atoms with van der Waals surface area (Å²) < 4.78 is 1.04. The van der Waals surface area contributed by atoms with Gasteiger partial charge in [0.2, 0.25) is 5.91 Å². The van der Waals surface area contributed by atoms with Gasteiger partial charge in [0.1, 0.15) is 11.6 Å². The summed E-state index contributed by atoms with van der Waals surface area (Å²) in [5.74, 6) is -0.439. The Morgan fingerprint density at radius 3 is 2.71 bits per heavy atom. The average Bonchev–Trinajstić information content (AvgIpc) is 2.57. The summed E-state index contributed by atoms with van der Waals surface area (Å²) in [5, 5.41) is 11.6. The van der Waals surface area contributed by atoms with Crippen LogP contribution in [0.3, 0.4) is 0 Å². The van der Waals surface area contributed by atoms with E-state index in [1.54, 1.807) is 43.3 Å². The molecule has 6 nitrogen and oxygen atoms in total. The van der Waals surface area contributed by atoms with Crippen LogP contribution in [0.25, 0.3) is 10.9 Å². The van der Waals surface area contributed by atoms with Crippen LogP contribution in [0.5, 0.6) is 0 Å². The molecule has 0 saturated carbocycles. The van der Waals surface area contributed by atoms with Crippen molar-refractivity contribution in [1.82, 2.24) is 15.0 Å². The molecule has 1 atom stereocenters. The van der Waals surface area contributed by atoms with Crippen molar-refractivity contribution in [2.75, 3.05) is 5.32 Å². The molecule has 0 fully saturated rings. The lowest BCUT2D eigenvalue weighted by molar-refractivity contribution is -0.119. The van der Waals surface area contributed by atoms with Gasteiger partial charge in [0, 0.05) is 5.02 Å². The zero-order valence-electron chi connectivity index (χ0n) is 12.5. The molecule has 1 amide bonds. The third kappa shape index (κ3) is 3.11. The van der Waals surface area contributed by atoms with Crippen LogP contribution in [-0.4, -0.2) is 20.9 Å². The monoisotopic (exact) mass is 362 g/mol. The molecule has 24 heavy (non-hydrogen) atoms. The first-order valence-electron chi connectivity index (χ1n) is 7.07. The maximum Gasteiger partial charge on any atom is 0.278 e. The van der Waals surface area contributed by atoms with E-state index < -0.39 is 11.9 Å². The molecule has 8 heteroatoms. The molecule has 0 unspecified atom stereocenters. The topological polar surface area (TPSA) is 76.9 Å². The number of benzene rings is 2. The summed E-state index contributed by atoms with van der Waals surface area (Å²) in [7, 11) is 0. The molecule has 0 spiro atoms. The van der Waals surface area contributed by atoms with Gasteiger partial charge in [-0.2, -0.15) is 4.68 Å². The third-order valence-electron chi connectivity index (χ3n) is 3.53. The van der Waals surface area contributed by atoms with Gasteiger partial charge >= 0.3 is 0 Å². The van der Waals surface area contributed by atoms with Crippen molar-refractivity contribution >= 4 is 45.7 Å². The van der Waals surface area contributed by atoms with Crippen LogP contribution < -0.4 is 10.9 Å². The fraction of sp³-hybridized carbons (Fsp3) is 0.125. The van der Waals surface area contributed by atoms with Crippen LogP contribution in [0.2, 0.25) is 10.0 Å². The smallest absolute Gasteiger partial charge is 0.278 e. The van der Waals surface area contributed by atoms with Crippen molar-refractivity contribution in [3.8, 4) is 0 Å². The minimum atomic E-state index is -0.860.